The number of carbonyl (C=O) groups excluding carboxylic acids is 1. The number of nitrogens with one attached hydrogen (secondary N) is 1. The van der Waals surface area contributed by atoms with Crippen LogP contribution in [0.2, 0.25) is 0 Å². The smallest absolute Gasteiger partial charge is 0.343 e. The Morgan fingerprint density at radius 1 is 1.22 bits per heavy atom. The Bertz CT molecular complexity index is 549. The highest BCUT2D eigenvalue weighted by Gasteiger charge is 2.35. The van der Waals surface area contributed by atoms with Crippen LogP contribution in [-0.2, 0) is 0 Å². The van der Waals surface area contributed by atoms with Crippen molar-refractivity contribution < 1.29 is 4.79 Å². The summed E-state index contributed by atoms with van der Waals surface area (Å²) in [4.78, 5) is 18.2. The summed E-state index contributed by atoms with van der Waals surface area (Å²) in [6, 6.07) is 6.12. The molecular formula is C16H22Cl3N3O. The molecule has 0 aliphatic heterocycles. The van der Waals surface area contributed by atoms with Crippen LogP contribution in [0.1, 0.15) is 37.9 Å². The van der Waals surface area contributed by atoms with Crippen molar-refractivity contribution in [2.24, 2.45) is 4.99 Å². The lowest BCUT2D eigenvalue weighted by molar-refractivity contribution is 0.245. The highest BCUT2D eigenvalue weighted by molar-refractivity contribution is 6.68. The van der Waals surface area contributed by atoms with E-state index in [0.717, 1.165) is 18.7 Å². The van der Waals surface area contributed by atoms with Crippen LogP contribution in [0.25, 0.3) is 0 Å². The van der Waals surface area contributed by atoms with Gasteiger partial charge in [-0.15, -0.1) is 0 Å². The number of urea groups is 1. The molecule has 0 aromatic heterocycles. The third-order valence-corrected chi connectivity index (χ3v) is 4.14. The molecule has 1 rings (SSSR count). The van der Waals surface area contributed by atoms with Gasteiger partial charge < -0.3 is 10.2 Å². The summed E-state index contributed by atoms with van der Waals surface area (Å²) in [6.07, 6.45) is 0. The molecule has 0 heterocycles. The van der Waals surface area contributed by atoms with Gasteiger partial charge in [-0.25, -0.2) is 4.79 Å². The number of aryl methyl sites for hydroxylation is 1. The monoisotopic (exact) mass is 377 g/mol. The lowest BCUT2D eigenvalue weighted by atomic mass is 10.1. The Hall–Kier alpha value is -0.970. The number of nitrogens with zero attached hydrogens (tertiary/aromatic N) is 2. The topological polar surface area (TPSA) is 44.7 Å². The van der Waals surface area contributed by atoms with Gasteiger partial charge in [0, 0.05) is 13.1 Å². The molecule has 23 heavy (non-hydrogen) atoms. The molecule has 1 aromatic rings. The van der Waals surface area contributed by atoms with Crippen molar-refractivity contribution in [2.45, 2.75) is 37.5 Å². The lowest BCUT2D eigenvalue weighted by Crippen LogP contribution is -2.36. The number of amidine groups is 1. The normalized spacial score (nSPS) is 13.6. The van der Waals surface area contributed by atoms with E-state index in [9.17, 15) is 4.79 Å². The van der Waals surface area contributed by atoms with Crippen LogP contribution >= 0.6 is 34.8 Å². The number of carbonyl (C=O) groups is 1. The second kappa shape index (κ2) is 8.76. The fraction of sp³-hybridized carbons (Fsp3) is 0.500. The Morgan fingerprint density at radius 3 is 2.17 bits per heavy atom. The first-order valence-corrected chi connectivity index (χ1v) is 8.56. The Balaban J connectivity index is 2.97. The maximum atomic E-state index is 12.2. The summed E-state index contributed by atoms with van der Waals surface area (Å²) in [6.45, 7) is 9.27. The maximum absolute atomic E-state index is 12.2. The van der Waals surface area contributed by atoms with Crippen molar-refractivity contribution >= 4 is 46.7 Å². The molecule has 0 radical (unpaired) electrons. The minimum absolute atomic E-state index is 0.536. The van der Waals surface area contributed by atoms with Gasteiger partial charge in [-0.3, -0.25) is 0 Å². The zero-order chi connectivity index (χ0) is 17.6. The molecule has 0 saturated carbocycles. The van der Waals surface area contributed by atoms with Gasteiger partial charge in [-0.1, -0.05) is 64.6 Å². The molecule has 7 heteroatoms. The highest BCUT2D eigenvalue weighted by atomic mass is 35.6. The number of aliphatic imine (C=N–C) groups is 1. The Kier molecular flexibility index (Phi) is 7.65. The first-order valence-electron chi connectivity index (χ1n) is 7.43. The number of hydrogen-bond donors (Lipinski definition) is 1. The second-order valence-corrected chi connectivity index (χ2v) is 7.54. The standard InChI is InChI=1S/C16H22Cl3N3O/c1-5-22(6-2)12(4)20-15(23)21-14(16(17,18)19)13-9-7-11(3)8-10-13/h7-10,14H,5-6H2,1-4H3,(H,21,23). The van der Waals surface area contributed by atoms with E-state index in [1.54, 1.807) is 6.92 Å². The summed E-state index contributed by atoms with van der Waals surface area (Å²) in [7, 11) is 0. The number of halogens is 3. The number of alkyl halides is 3. The highest BCUT2D eigenvalue weighted by Crippen LogP contribution is 2.39. The zero-order valence-electron chi connectivity index (χ0n) is 13.7. The summed E-state index contributed by atoms with van der Waals surface area (Å²) in [5, 5.41) is 2.68. The molecule has 1 atom stereocenters. The van der Waals surface area contributed by atoms with Gasteiger partial charge >= 0.3 is 6.03 Å². The van der Waals surface area contributed by atoms with Crippen LogP contribution in [0.15, 0.2) is 29.3 Å². The Morgan fingerprint density at radius 2 is 1.74 bits per heavy atom. The number of amides is 2. The van der Waals surface area contributed by atoms with Crippen LogP contribution in [0, 0.1) is 6.92 Å². The molecule has 0 bridgehead atoms. The van der Waals surface area contributed by atoms with E-state index in [2.05, 4.69) is 10.3 Å². The minimum Gasteiger partial charge on any atom is -0.361 e. The van der Waals surface area contributed by atoms with Crippen LogP contribution in [0.4, 0.5) is 4.79 Å². The van der Waals surface area contributed by atoms with Gasteiger partial charge in [0.1, 0.15) is 11.9 Å². The summed E-state index contributed by atoms with van der Waals surface area (Å²) in [5.74, 6) is 0.625. The van der Waals surface area contributed by atoms with Gasteiger partial charge in [0.25, 0.3) is 0 Å². The number of rotatable bonds is 4. The SMILES string of the molecule is CCN(CC)C(C)=NC(=O)NC(c1ccc(C)cc1)C(Cl)(Cl)Cl. The van der Waals surface area contributed by atoms with Crippen molar-refractivity contribution in [3.05, 3.63) is 35.4 Å². The van der Waals surface area contributed by atoms with Crippen molar-refractivity contribution in [1.82, 2.24) is 10.2 Å². The van der Waals surface area contributed by atoms with Crippen molar-refractivity contribution in [3.63, 3.8) is 0 Å². The molecule has 1 N–H and O–H groups in total. The van der Waals surface area contributed by atoms with Crippen molar-refractivity contribution in [3.8, 4) is 0 Å². The summed E-state index contributed by atoms with van der Waals surface area (Å²) >= 11 is 18.1. The van der Waals surface area contributed by atoms with E-state index in [4.69, 9.17) is 34.8 Å². The number of hydrogen-bond acceptors (Lipinski definition) is 1. The zero-order valence-corrected chi connectivity index (χ0v) is 16.0. The van der Waals surface area contributed by atoms with E-state index >= 15 is 0 Å². The molecule has 1 aromatic carbocycles. The van der Waals surface area contributed by atoms with Crippen molar-refractivity contribution in [2.75, 3.05) is 13.1 Å². The molecule has 1 unspecified atom stereocenters. The molecule has 0 fully saturated rings. The van der Waals surface area contributed by atoms with Crippen LogP contribution in [-0.4, -0.2) is 33.6 Å². The van der Waals surface area contributed by atoms with E-state index < -0.39 is 15.9 Å². The summed E-state index contributed by atoms with van der Waals surface area (Å²) in [5.41, 5.74) is 1.79. The van der Waals surface area contributed by atoms with Crippen LogP contribution in [0.5, 0.6) is 0 Å². The van der Waals surface area contributed by atoms with Gasteiger partial charge in [-0.2, -0.15) is 4.99 Å². The summed E-state index contributed by atoms with van der Waals surface area (Å²) < 4.78 is -1.68. The molecule has 2 amide bonds. The van der Waals surface area contributed by atoms with Gasteiger partial charge in [-0.05, 0) is 33.3 Å². The van der Waals surface area contributed by atoms with E-state index in [1.165, 1.54) is 0 Å². The molecule has 4 nitrogen and oxygen atoms in total. The van der Waals surface area contributed by atoms with Gasteiger partial charge in [0.05, 0.1) is 0 Å². The minimum atomic E-state index is -1.68. The Labute approximate surface area is 152 Å². The third-order valence-electron chi connectivity index (χ3n) is 3.49. The average Bonchev–Trinajstić information content (AvgIpc) is 2.46. The third kappa shape index (κ3) is 6.21. The maximum Gasteiger partial charge on any atom is 0.343 e. The van der Waals surface area contributed by atoms with Gasteiger partial charge in [0.15, 0.2) is 0 Å². The molecule has 128 valence electrons. The fourth-order valence-electron chi connectivity index (χ4n) is 2.17. The molecule has 0 saturated heterocycles. The first-order chi connectivity index (χ1) is 10.7. The predicted molar refractivity (Wildman–Crippen MR) is 98.8 cm³/mol. The number of benzene rings is 1. The van der Waals surface area contributed by atoms with E-state index in [-0.39, 0.29) is 0 Å². The molecule has 0 spiro atoms. The fourth-order valence-corrected chi connectivity index (χ4v) is 2.71. The quantitative estimate of drug-likeness (QED) is 0.461. The second-order valence-electron chi connectivity index (χ2n) is 5.17. The molecular weight excluding hydrogens is 357 g/mol. The van der Waals surface area contributed by atoms with Crippen LogP contribution < -0.4 is 5.32 Å². The largest absolute Gasteiger partial charge is 0.361 e. The van der Waals surface area contributed by atoms with E-state index in [1.807, 2.05) is 49.9 Å². The lowest BCUT2D eigenvalue weighted by Gasteiger charge is -2.26. The average molecular weight is 379 g/mol. The molecule has 0 aliphatic rings. The first kappa shape index (κ1) is 20.1. The van der Waals surface area contributed by atoms with Crippen molar-refractivity contribution in [1.29, 1.82) is 0 Å². The van der Waals surface area contributed by atoms with Crippen LogP contribution in [0.3, 0.4) is 0 Å². The predicted octanol–water partition coefficient (Wildman–Crippen LogP) is 4.88. The molecule has 0 aliphatic carbocycles. The van der Waals surface area contributed by atoms with E-state index in [0.29, 0.717) is 11.4 Å². The van der Waals surface area contributed by atoms with Gasteiger partial charge in [0.2, 0.25) is 3.79 Å².